The summed E-state index contributed by atoms with van der Waals surface area (Å²) in [6, 6.07) is 11.9. The maximum Gasteiger partial charge on any atom is 0.244 e. The van der Waals surface area contributed by atoms with E-state index in [9.17, 15) is 18.0 Å². The van der Waals surface area contributed by atoms with Crippen molar-refractivity contribution in [2.45, 2.75) is 33.4 Å². The van der Waals surface area contributed by atoms with Gasteiger partial charge in [0, 0.05) is 13.6 Å². The Kier molecular flexibility index (Phi) is 8.26. The number of sulfonamides is 1. The molecule has 0 aliphatic heterocycles. The molecule has 2 aromatic rings. The zero-order chi connectivity index (χ0) is 24.1. The second-order valence-electron chi connectivity index (χ2n) is 7.68. The molecule has 0 saturated carbocycles. The third-order valence-corrected chi connectivity index (χ3v) is 6.42. The fraction of sp³-hybridized carbons (Fsp3) is 0.391. The van der Waals surface area contributed by atoms with Crippen molar-refractivity contribution in [3.63, 3.8) is 0 Å². The first-order valence-electron chi connectivity index (χ1n) is 10.2. The molecule has 0 fully saturated rings. The number of nitrogens with one attached hydrogen (secondary N) is 1. The highest BCUT2D eigenvalue weighted by molar-refractivity contribution is 7.92. The predicted octanol–water partition coefficient (Wildman–Crippen LogP) is 2.24. The van der Waals surface area contributed by atoms with Crippen LogP contribution in [0.15, 0.2) is 42.5 Å². The molecule has 0 aliphatic carbocycles. The summed E-state index contributed by atoms with van der Waals surface area (Å²) in [5.41, 5.74) is 2.93. The summed E-state index contributed by atoms with van der Waals surface area (Å²) >= 11 is 0. The molecule has 9 heteroatoms. The van der Waals surface area contributed by atoms with Gasteiger partial charge in [-0.15, -0.1) is 0 Å². The lowest BCUT2D eigenvalue weighted by molar-refractivity contribution is -0.139. The second-order valence-corrected chi connectivity index (χ2v) is 9.59. The number of carbonyl (C=O) groups excluding carboxylic acids is 2. The van der Waals surface area contributed by atoms with Crippen LogP contribution in [0.4, 0.5) is 5.69 Å². The summed E-state index contributed by atoms with van der Waals surface area (Å²) < 4.78 is 31.7. The number of nitrogens with zero attached hydrogens (tertiary/aromatic N) is 2. The van der Waals surface area contributed by atoms with Crippen LogP contribution in [0.2, 0.25) is 0 Å². The van der Waals surface area contributed by atoms with Crippen molar-refractivity contribution in [2.24, 2.45) is 0 Å². The van der Waals surface area contributed by atoms with Crippen molar-refractivity contribution in [2.75, 3.05) is 31.3 Å². The van der Waals surface area contributed by atoms with Crippen molar-refractivity contribution in [1.82, 2.24) is 10.2 Å². The first kappa shape index (κ1) is 25.2. The smallest absolute Gasteiger partial charge is 0.244 e. The topological polar surface area (TPSA) is 96.0 Å². The maximum absolute atomic E-state index is 13.4. The van der Waals surface area contributed by atoms with Crippen LogP contribution in [0.25, 0.3) is 0 Å². The molecule has 32 heavy (non-hydrogen) atoms. The number of likely N-dealkylation sites (N-methyl/N-ethyl adjacent to an activating group) is 1. The van der Waals surface area contributed by atoms with Crippen LogP contribution in [0.3, 0.4) is 0 Å². The molecule has 8 nitrogen and oxygen atoms in total. The van der Waals surface area contributed by atoms with Crippen LogP contribution in [0.5, 0.6) is 5.75 Å². The SMILES string of the molecule is CNC(=O)C(C)N(Cc1ccccc1C)C(=O)CN(c1cc(C)ccc1OC)S(C)(=O)=O. The van der Waals surface area contributed by atoms with E-state index in [0.29, 0.717) is 5.75 Å². The van der Waals surface area contributed by atoms with Crippen LogP contribution in [0, 0.1) is 13.8 Å². The monoisotopic (exact) mass is 461 g/mol. The molecule has 1 unspecified atom stereocenters. The Morgan fingerprint density at radius 2 is 1.78 bits per heavy atom. The number of methoxy groups -OCH3 is 1. The summed E-state index contributed by atoms with van der Waals surface area (Å²) in [4.78, 5) is 27.2. The van der Waals surface area contributed by atoms with E-state index in [1.54, 1.807) is 25.1 Å². The van der Waals surface area contributed by atoms with Gasteiger partial charge in [-0.25, -0.2) is 8.42 Å². The van der Waals surface area contributed by atoms with E-state index in [2.05, 4.69) is 5.32 Å². The van der Waals surface area contributed by atoms with E-state index < -0.39 is 28.5 Å². The molecule has 0 spiro atoms. The third-order valence-electron chi connectivity index (χ3n) is 5.30. The average molecular weight is 462 g/mol. The van der Waals surface area contributed by atoms with Gasteiger partial charge in [-0.2, -0.15) is 0 Å². The summed E-state index contributed by atoms with van der Waals surface area (Å²) in [5, 5.41) is 2.56. The summed E-state index contributed by atoms with van der Waals surface area (Å²) in [6.45, 7) is 5.06. The Balaban J connectivity index is 2.47. The van der Waals surface area contributed by atoms with E-state index in [1.807, 2.05) is 38.1 Å². The Bertz CT molecular complexity index is 1080. The lowest BCUT2D eigenvalue weighted by Gasteiger charge is -2.32. The minimum absolute atomic E-state index is 0.169. The normalized spacial score (nSPS) is 12.1. The van der Waals surface area contributed by atoms with Crippen LogP contribution in [0.1, 0.15) is 23.6 Å². The standard InChI is InChI=1S/C23H31N3O5S/c1-16-11-12-21(31-5)20(13-16)26(32(6,29)30)15-22(27)25(18(3)23(28)24-4)14-19-10-8-7-9-17(19)2/h7-13,18H,14-15H2,1-6H3,(H,24,28). The Hall–Kier alpha value is -3.07. The van der Waals surface area contributed by atoms with Crippen molar-refractivity contribution < 1.29 is 22.7 Å². The quantitative estimate of drug-likeness (QED) is 0.618. The molecule has 1 N–H and O–H groups in total. The van der Waals surface area contributed by atoms with Crippen molar-refractivity contribution in [3.8, 4) is 5.75 Å². The number of amides is 2. The number of ether oxygens (including phenoxy) is 1. The van der Waals surface area contributed by atoms with E-state index in [4.69, 9.17) is 4.74 Å². The number of anilines is 1. The van der Waals surface area contributed by atoms with Gasteiger partial charge in [-0.1, -0.05) is 30.3 Å². The van der Waals surface area contributed by atoms with Crippen LogP contribution in [-0.4, -0.2) is 58.1 Å². The van der Waals surface area contributed by atoms with E-state index in [1.165, 1.54) is 19.1 Å². The summed E-state index contributed by atoms with van der Waals surface area (Å²) in [7, 11) is -0.888. The Morgan fingerprint density at radius 3 is 2.34 bits per heavy atom. The van der Waals surface area contributed by atoms with E-state index in [-0.39, 0.29) is 18.1 Å². The van der Waals surface area contributed by atoms with Crippen molar-refractivity contribution >= 4 is 27.5 Å². The number of carbonyl (C=O) groups is 2. The van der Waals surface area contributed by atoms with Crippen LogP contribution >= 0.6 is 0 Å². The maximum atomic E-state index is 13.4. The molecule has 1 atom stereocenters. The molecule has 0 heterocycles. The number of benzene rings is 2. The Morgan fingerprint density at radius 1 is 1.12 bits per heavy atom. The highest BCUT2D eigenvalue weighted by atomic mass is 32.2. The van der Waals surface area contributed by atoms with Gasteiger partial charge in [0.1, 0.15) is 18.3 Å². The molecule has 0 aliphatic rings. The molecule has 174 valence electrons. The van der Waals surface area contributed by atoms with Gasteiger partial charge >= 0.3 is 0 Å². The summed E-state index contributed by atoms with van der Waals surface area (Å²) in [5.74, 6) is -0.511. The number of hydrogen-bond acceptors (Lipinski definition) is 5. The van der Waals surface area contributed by atoms with Crippen molar-refractivity contribution in [3.05, 3.63) is 59.2 Å². The molecule has 2 rings (SSSR count). The zero-order valence-corrected chi connectivity index (χ0v) is 20.2. The van der Waals surface area contributed by atoms with Crippen molar-refractivity contribution in [1.29, 1.82) is 0 Å². The zero-order valence-electron chi connectivity index (χ0n) is 19.4. The fourth-order valence-corrected chi connectivity index (χ4v) is 4.20. The first-order chi connectivity index (χ1) is 15.0. The Labute approximate surface area is 190 Å². The van der Waals surface area contributed by atoms with Gasteiger partial charge in [-0.3, -0.25) is 13.9 Å². The van der Waals surface area contributed by atoms with Gasteiger partial charge in [0.15, 0.2) is 0 Å². The van der Waals surface area contributed by atoms with Gasteiger partial charge in [0.2, 0.25) is 21.8 Å². The van der Waals surface area contributed by atoms with Gasteiger partial charge in [0.05, 0.1) is 19.1 Å². The molecule has 0 radical (unpaired) electrons. The van der Waals surface area contributed by atoms with E-state index in [0.717, 1.165) is 27.3 Å². The predicted molar refractivity (Wildman–Crippen MR) is 125 cm³/mol. The van der Waals surface area contributed by atoms with Gasteiger partial charge in [0.25, 0.3) is 0 Å². The number of rotatable bonds is 9. The van der Waals surface area contributed by atoms with Gasteiger partial charge < -0.3 is 15.0 Å². The molecule has 2 amide bonds. The minimum atomic E-state index is -3.82. The largest absolute Gasteiger partial charge is 0.495 e. The molecular weight excluding hydrogens is 430 g/mol. The lowest BCUT2D eigenvalue weighted by Crippen LogP contribution is -2.50. The second kappa shape index (κ2) is 10.5. The molecule has 0 aromatic heterocycles. The van der Waals surface area contributed by atoms with E-state index >= 15 is 0 Å². The van der Waals surface area contributed by atoms with Gasteiger partial charge in [-0.05, 0) is 49.6 Å². The first-order valence-corrected chi connectivity index (χ1v) is 12.0. The highest BCUT2D eigenvalue weighted by Gasteiger charge is 2.31. The highest BCUT2D eigenvalue weighted by Crippen LogP contribution is 2.31. The van der Waals surface area contributed by atoms with Crippen LogP contribution < -0.4 is 14.4 Å². The number of hydrogen-bond donors (Lipinski definition) is 1. The number of aryl methyl sites for hydroxylation is 2. The lowest BCUT2D eigenvalue weighted by atomic mass is 10.1. The molecule has 2 aromatic carbocycles. The molecule has 0 bridgehead atoms. The minimum Gasteiger partial charge on any atom is -0.495 e. The molecular formula is C23H31N3O5S. The third kappa shape index (κ3) is 6.00. The molecule has 0 saturated heterocycles. The average Bonchev–Trinajstić information content (AvgIpc) is 2.74. The van der Waals surface area contributed by atoms with Crippen LogP contribution in [-0.2, 0) is 26.2 Å². The fourth-order valence-electron chi connectivity index (χ4n) is 3.35. The summed E-state index contributed by atoms with van der Waals surface area (Å²) in [6.07, 6.45) is 1.04.